The summed E-state index contributed by atoms with van der Waals surface area (Å²) >= 11 is 5.95. The zero-order chi connectivity index (χ0) is 21.0. The summed E-state index contributed by atoms with van der Waals surface area (Å²) in [5.74, 6) is 0.327. The maximum absolute atomic E-state index is 12.4. The minimum atomic E-state index is -0.534. The number of imidazole rings is 1. The Kier molecular flexibility index (Phi) is 6.13. The summed E-state index contributed by atoms with van der Waals surface area (Å²) in [7, 11) is 1.54. The highest BCUT2D eigenvalue weighted by Gasteiger charge is 2.16. The van der Waals surface area contributed by atoms with Gasteiger partial charge in [-0.25, -0.2) is 10.2 Å². The molecular weight excluding hydrogens is 392 g/mol. The number of benzene rings is 1. The van der Waals surface area contributed by atoms with Gasteiger partial charge in [-0.3, -0.25) is 18.9 Å². The average molecular weight is 413 g/mol. The topological polar surface area (TPSA) is 97.1 Å². The fourth-order valence-electron chi connectivity index (χ4n) is 2.67. The van der Waals surface area contributed by atoms with Crippen molar-refractivity contribution in [3.63, 3.8) is 0 Å². The van der Waals surface area contributed by atoms with Crippen molar-refractivity contribution in [1.29, 1.82) is 0 Å². The van der Waals surface area contributed by atoms with Crippen LogP contribution in [0.25, 0.3) is 17.2 Å². The van der Waals surface area contributed by atoms with Gasteiger partial charge in [-0.1, -0.05) is 54.1 Å². The molecule has 0 saturated carbocycles. The van der Waals surface area contributed by atoms with Crippen LogP contribution in [-0.4, -0.2) is 24.8 Å². The lowest BCUT2D eigenvalue weighted by Crippen LogP contribution is -2.29. The van der Waals surface area contributed by atoms with E-state index in [-0.39, 0.29) is 11.2 Å². The third-order valence-corrected chi connectivity index (χ3v) is 4.37. The SMILES string of the molecule is C/C(Cl)=C/Cn1c(N/N=C(C)/C=C/c2ccccc2)nc2c1c(=O)[nH]c(=O)n2C. The standard InChI is InChI=1S/C20H21ClN6O2/c1-13(21)11-12-27-16-17(26(3)20(29)23-18(16)28)22-19(27)25-24-14(2)9-10-15-7-5-4-6-8-15/h4-11H,12H2,1-3H3,(H,22,25)(H,23,28,29)/b10-9+,13-11-,24-14+. The minimum absolute atomic E-state index is 0.259. The Labute approximate surface area is 171 Å². The van der Waals surface area contributed by atoms with Gasteiger partial charge in [0.15, 0.2) is 11.2 Å². The van der Waals surface area contributed by atoms with Crippen LogP contribution >= 0.6 is 11.6 Å². The first kappa shape index (κ1) is 20.3. The molecule has 0 radical (unpaired) electrons. The lowest BCUT2D eigenvalue weighted by molar-refractivity contribution is 0.818. The van der Waals surface area contributed by atoms with E-state index in [0.29, 0.717) is 23.2 Å². The molecule has 2 aromatic heterocycles. The van der Waals surface area contributed by atoms with Crippen LogP contribution in [0.4, 0.5) is 5.95 Å². The molecule has 3 aromatic rings. The van der Waals surface area contributed by atoms with Crippen LogP contribution in [0, 0.1) is 0 Å². The highest BCUT2D eigenvalue weighted by Crippen LogP contribution is 2.16. The number of allylic oxidation sites excluding steroid dienone is 3. The lowest BCUT2D eigenvalue weighted by atomic mass is 10.2. The monoisotopic (exact) mass is 412 g/mol. The van der Waals surface area contributed by atoms with Crippen LogP contribution in [0.15, 0.2) is 62.2 Å². The first-order chi connectivity index (χ1) is 13.9. The molecule has 2 N–H and O–H groups in total. The summed E-state index contributed by atoms with van der Waals surface area (Å²) in [6.45, 7) is 3.87. The van der Waals surface area contributed by atoms with Crippen molar-refractivity contribution in [1.82, 2.24) is 19.1 Å². The second-order valence-electron chi connectivity index (χ2n) is 6.44. The van der Waals surface area contributed by atoms with Crippen LogP contribution in [0.5, 0.6) is 0 Å². The zero-order valence-electron chi connectivity index (χ0n) is 16.3. The molecule has 0 bridgehead atoms. The lowest BCUT2D eigenvalue weighted by Gasteiger charge is -2.05. The van der Waals surface area contributed by atoms with E-state index in [0.717, 1.165) is 5.56 Å². The quantitative estimate of drug-likeness (QED) is 0.480. The number of aryl methyl sites for hydroxylation is 1. The van der Waals surface area contributed by atoms with Crippen molar-refractivity contribution in [2.24, 2.45) is 12.1 Å². The van der Waals surface area contributed by atoms with Crippen LogP contribution in [0.2, 0.25) is 0 Å². The predicted molar refractivity (Wildman–Crippen MR) is 117 cm³/mol. The third-order valence-electron chi connectivity index (χ3n) is 4.21. The number of nitrogens with zero attached hydrogens (tertiary/aromatic N) is 4. The summed E-state index contributed by atoms with van der Waals surface area (Å²) in [6, 6.07) is 9.85. The molecule has 0 aliphatic rings. The molecule has 0 aliphatic heterocycles. The summed E-state index contributed by atoms with van der Waals surface area (Å²) in [4.78, 5) is 30.9. The molecule has 0 fully saturated rings. The second kappa shape index (κ2) is 8.74. The number of fused-ring (bicyclic) bond motifs is 1. The number of halogens is 1. The molecule has 0 spiro atoms. The van der Waals surface area contributed by atoms with Gasteiger partial charge in [0.2, 0.25) is 5.95 Å². The largest absolute Gasteiger partial charge is 0.329 e. The fourth-order valence-corrected chi connectivity index (χ4v) is 2.74. The minimum Gasteiger partial charge on any atom is -0.299 e. The molecule has 8 nitrogen and oxygen atoms in total. The van der Waals surface area contributed by atoms with Crippen molar-refractivity contribution >= 4 is 40.5 Å². The van der Waals surface area contributed by atoms with Gasteiger partial charge in [-0.15, -0.1) is 0 Å². The van der Waals surface area contributed by atoms with Gasteiger partial charge >= 0.3 is 5.69 Å². The molecule has 9 heteroatoms. The van der Waals surface area contributed by atoms with E-state index in [4.69, 9.17) is 11.6 Å². The average Bonchev–Trinajstić information content (AvgIpc) is 3.07. The smallest absolute Gasteiger partial charge is 0.299 e. The molecule has 3 rings (SSSR count). The van der Waals surface area contributed by atoms with Crippen LogP contribution in [-0.2, 0) is 13.6 Å². The summed E-state index contributed by atoms with van der Waals surface area (Å²) in [5.41, 5.74) is 4.11. The molecule has 29 heavy (non-hydrogen) atoms. The van der Waals surface area contributed by atoms with E-state index < -0.39 is 11.2 Å². The normalized spacial score (nSPS) is 12.8. The van der Waals surface area contributed by atoms with Crippen molar-refractivity contribution in [3.05, 3.63) is 73.9 Å². The molecule has 1 aromatic carbocycles. The predicted octanol–water partition coefficient (Wildman–Crippen LogP) is 3.07. The Morgan fingerprint density at radius 2 is 2.00 bits per heavy atom. The summed E-state index contributed by atoms with van der Waals surface area (Å²) in [5, 5.41) is 4.89. The molecule has 150 valence electrons. The number of anilines is 1. The third kappa shape index (κ3) is 4.72. The first-order valence-electron chi connectivity index (χ1n) is 8.92. The van der Waals surface area contributed by atoms with E-state index in [1.54, 1.807) is 24.6 Å². The molecular formula is C20H21ClN6O2. The fraction of sp³-hybridized carbons (Fsp3) is 0.200. The molecule has 0 aliphatic carbocycles. The Morgan fingerprint density at radius 1 is 1.28 bits per heavy atom. The van der Waals surface area contributed by atoms with Crippen LogP contribution in [0.3, 0.4) is 0 Å². The number of rotatable bonds is 6. The number of hydrogen-bond donors (Lipinski definition) is 2. The highest BCUT2D eigenvalue weighted by atomic mass is 35.5. The van der Waals surface area contributed by atoms with E-state index in [9.17, 15) is 9.59 Å². The van der Waals surface area contributed by atoms with Gasteiger partial charge in [0.05, 0.1) is 5.71 Å². The van der Waals surface area contributed by atoms with Gasteiger partial charge in [0.25, 0.3) is 5.56 Å². The number of aromatic nitrogens is 4. The van der Waals surface area contributed by atoms with Crippen molar-refractivity contribution in [3.8, 4) is 0 Å². The number of H-pyrrole nitrogens is 1. The molecule has 0 atom stereocenters. The maximum Gasteiger partial charge on any atom is 0.329 e. The number of aromatic amines is 1. The van der Waals surface area contributed by atoms with E-state index in [2.05, 4.69) is 20.5 Å². The summed E-state index contributed by atoms with van der Waals surface area (Å²) < 4.78 is 2.90. The summed E-state index contributed by atoms with van der Waals surface area (Å²) in [6.07, 6.45) is 5.54. The van der Waals surface area contributed by atoms with Gasteiger partial charge in [0.1, 0.15) is 0 Å². The van der Waals surface area contributed by atoms with Crippen molar-refractivity contribution in [2.75, 3.05) is 5.43 Å². The maximum atomic E-state index is 12.4. The van der Waals surface area contributed by atoms with E-state index >= 15 is 0 Å². The molecule has 2 heterocycles. The molecule has 0 saturated heterocycles. The number of hydrogen-bond acceptors (Lipinski definition) is 5. The van der Waals surface area contributed by atoms with E-state index in [1.807, 2.05) is 49.4 Å². The second-order valence-corrected chi connectivity index (χ2v) is 7.03. The van der Waals surface area contributed by atoms with Gasteiger partial charge in [-0.05, 0) is 25.5 Å². The number of hydrazone groups is 1. The highest BCUT2D eigenvalue weighted by molar-refractivity contribution is 6.29. The Morgan fingerprint density at radius 3 is 2.69 bits per heavy atom. The van der Waals surface area contributed by atoms with Gasteiger partial charge in [0, 0.05) is 18.6 Å². The number of nitrogens with one attached hydrogen (secondary N) is 2. The van der Waals surface area contributed by atoms with Crippen LogP contribution in [0.1, 0.15) is 19.4 Å². The Bertz CT molecular complexity index is 1230. The zero-order valence-corrected chi connectivity index (χ0v) is 17.1. The molecule has 0 unspecified atom stereocenters. The Hall–Kier alpha value is -3.39. The van der Waals surface area contributed by atoms with Gasteiger partial charge in [-0.2, -0.15) is 10.1 Å². The van der Waals surface area contributed by atoms with E-state index in [1.165, 1.54) is 4.57 Å². The molecule has 0 amide bonds. The van der Waals surface area contributed by atoms with Gasteiger partial charge < -0.3 is 0 Å². The van der Waals surface area contributed by atoms with Crippen molar-refractivity contribution in [2.45, 2.75) is 20.4 Å². The van der Waals surface area contributed by atoms with Crippen LogP contribution < -0.4 is 16.7 Å². The van der Waals surface area contributed by atoms with Crippen molar-refractivity contribution < 1.29 is 0 Å². The first-order valence-corrected chi connectivity index (χ1v) is 9.30. The Balaban J connectivity index is 1.98.